The molecule has 0 fully saturated rings. The molecule has 0 saturated heterocycles. The molecule has 2 aromatic heterocycles. The zero-order chi connectivity index (χ0) is 29.5. The van der Waals surface area contributed by atoms with Crippen LogP contribution in [0.4, 0.5) is 0 Å². The molecule has 2 atom stereocenters. The van der Waals surface area contributed by atoms with Gasteiger partial charge in [0, 0.05) is 42.2 Å². The fourth-order valence-electron chi connectivity index (χ4n) is 7.51. The first kappa shape index (κ1) is 25.0. The van der Waals surface area contributed by atoms with Crippen LogP contribution in [0.15, 0.2) is 152 Å². The van der Waals surface area contributed by atoms with E-state index in [4.69, 9.17) is 4.74 Å². The van der Waals surface area contributed by atoms with Gasteiger partial charge in [-0.25, -0.2) is 0 Å². The highest BCUT2D eigenvalue weighted by Crippen LogP contribution is 2.48. The molecular formula is C42H27NOS. The second kappa shape index (κ2) is 9.56. The summed E-state index contributed by atoms with van der Waals surface area (Å²) in [5, 5.41) is 5.19. The summed E-state index contributed by atoms with van der Waals surface area (Å²) in [5.74, 6) is 1.14. The summed E-state index contributed by atoms with van der Waals surface area (Å²) in [6.45, 7) is 0. The van der Waals surface area contributed by atoms with E-state index in [2.05, 4.69) is 156 Å². The summed E-state index contributed by atoms with van der Waals surface area (Å²) in [7, 11) is 0. The molecule has 3 heteroatoms. The van der Waals surface area contributed by atoms with Gasteiger partial charge in [0.05, 0.1) is 17.0 Å². The number of para-hydroxylation sites is 2. The first-order valence-corrected chi connectivity index (χ1v) is 16.3. The smallest absolute Gasteiger partial charge is 0.130 e. The molecule has 1 aliphatic heterocycles. The Balaban J connectivity index is 1.11. The maximum atomic E-state index is 6.39. The number of nitrogens with zero attached hydrogens (tertiary/aromatic N) is 1. The molecule has 212 valence electrons. The fourth-order valence-corrected chi connectivity index (χ4v) is 8.60. The highest BCUT2D eigenvalue weighted by Gasteiger charge is 2.38. The molecule has 10 rings (SSSR count). The molecule has 0 radical (unpaired) electrons. The number of benzene rings is 6. The van der Waals surface area contributed by atoms with Crippen molar-refractivity contribution in [1.29, 1.82) is 0 Å². The lowest BCUT2D eigenvalue weighted by Crippen LogP contribution is -2.21. The number of aromatic nitrogens is 1. The van der Waals surface area contributed by atoms with Gasteiger partial charge in [0.2, 0.25) is 0 Å². The average molecular weight is 594 g/mol. The summed E-state index contributed by atoms with van der Waals surface area (Å²) in [6, 6.07) is 48.8. The van der Waals surface area contributed by atoms with Crippen LogP contribution >= 0.6 is 11.3 Å². The van der Waals surface area contributed by atoms with E-state index in [-0.39, 0.29) is 12.0 Å². The molecule has 3 heterocycles. The third-order valence-corrected chi connectivity index (χ3v) is 10.7. The monoisotopic (exact) mass is 593 g/mol. The second-order valence-electron chi connectivity index (χ2n) is 12.0. The second-order valence-corrected chi connectivity index (χ2v) is 13.1. The maximum Gasteiger partial charge on any atom is 0.130 e. The van der Waals surface area contributed by atoms with Gasteiger partial charge in [-0.2, -0.15) is 0 Å². The molecule has 0 spiro atoms. The largest absolute Gasteiger partial charge is 0.485 e. The van der Waals surface area contributed by atoms with Crippen LogP contribution in [-0.2, 0) is 0 Å². The van der Waals surface area contributed by atoms with Crippen LogP contribution in [0.3, 0.4) is 0 Å². The summed E-state index contributed by atoms with van der Waals surface area (Å²) < 4.78 is 11.5. The minimum atomic E-state index is 0.00640. The molecule has 0 N–H and O–H groups in total. The average Bonchev–Trinajstić information content (AvgIpc) is 3.77. The highest BCUT2D eigenvalue weighted by atomic mass is 32.1. The predicted octanol–water partition coefficient (Wildman–Crippen LogP) is 11.5. The van der Waals surface area contributed by atoms with Crippen LogP contribution in [0.25, 0.3) is 69.9 Å². The summed E-state index contributed by atoms with van der Waals surface area (Å²) >= 11 is 1.86. The first-order valence-electron chi connectivity index (χ1n) is 15.5. The van der Waals surface area contributed by atoms with E-state index < -0.39 is 0 Å². The van der Waals surface area contributed by atoms with Gasteiger partial charge in [-0.05, 0) is 82.9 Å². The van der Waals surface area contributed by atoms with E-state index in [1.54, 1.807) is 0 Å². The number of rotatable bonds is 3. The Kier molecular flexibility index (Phi) is 5.31. The van der Waals surface area contributed by atoms with Crippen molar-refractivity contribution in [2.45, 2.75) is 12.0 Å². The Morgan fingerprint density at radius 3 is 2.13 bits per heavy atom. The highest BCUT2D eigenvalue weighted by molar-refractivity contribution is 7.25. The predicted molar refractivity (Wildman–Crippen MR) is 190 cm³/mol. The lowest BCUT2D eigenvalue weighted by Gasteiger charge is -2.25. The molecule has 6 aromatic carbocycles. The fraction of sp³-hybridized carbons (Fsp3) is 0.0476. The number of hydrogen-bond acceptors (Lipinski definition) is 2. The van der Waals surface area contributed by atoms with Crippen LogP contribution in [0, 0.1) is 0 Å². The molecule has 0 bridgehead atoms. The third-order valence-electron chi connectivity index (χ3n) is 9.57. The maximum absolute atomic E-state index is 6.39. The van der Waals surface area contributed by atoms with Gasteiger partial charge in [0.25, 0.3) is 0 Å². The molecule has 0 amide bonds. The van der Waals surface area contributed by atoms with Crippen molar-refractivity contribution in [3.8, 4) is 28.0 Å². The number of fused-ring (bicyclic) bond motifs is 9. The van der Waals surface area contributed by atoms with Crippen LogP contribution in [0.5, 0.6) is 5.75 Å². The molecule has 2 unspecified atom stereocenters. The van der Waals surface area contributed by atoms with Crippen molar-refractivity contribution in [2.24, 2.45) is 0 Å². The van der Waals surface area contributed by atoms with E-state index in [0.717, 1.165) is 5.75 Å². The van der Waals surface area contributed by atoms with E-state index in [9.17, 15) is 0 Å². The topological polar surface area (TPSA) is 14.2 Å². The third kappa shape index (κ3) is 3.74. The molecule has 2 aliphatic rings. The van der Waals surface area contributed by atoms with Crippen molar-refractivity contribution in [3.05, 3.63) is 157 Å². The zero-order valence-corrected chi connectivity index (χ0v) is 25.2. The molecule has 0 saturated carbocycles. The van der Waals surface area contributed by atoms with Gasteiger partial charge in [-0.3, -0.25) is 0 Å². The van der Waals surface area contributed by atoms with Gasteiger partial charge in [0.1, 0.15) is 11.9 Å². The van der Waals surface area contributed by atoms with Crippen LogP contribution in [0.2, 0.25) is 0 Å². The van der Waals surface area contributed by atoms with Gasteiger partial charge in [-0.1, -0.05) is 91.0 Å². The lowest BCUT2D eigenvalue weighted by molar-refractivity contribution is 0.270. The minimum Gasteiger partial charge on any atom is -0.485 e. The van der Waals surface area contributed by atoms with E-state index in [1.807, 2.05) is 11.3 Å². The Morgan fingerprint density at radius 1 is 0.533 bits per heavy atom. The van der Waals surface area contributed by atoms with Crippen LogP contribution in [0.1, 0.15) is 11.5 Å². The van der Waals surface area contributed by atoms with E-state index in [1.165, 1.54) is 75.5 Å². The number of ether oxygens (including phenoxy) is 1. The number of allylic oxidation sites excluding steroid dienone is 2. The van der Waals surface area contributed by atoms with Crippen molar-refractivity contribution in [3.63, 3.8) is 0 Å². The Labute approximate surface area is 264 Å². The first-order chi connectivity index (χ1) is 22.3. The van der Waals surface area contributed by atoms with E-state index >= 15 is 0 Å². The van der Waals surface area contributed by atoms with Gasteiger partial charge < -0.3 is 9.30 Å². The van der Waals surface area contributed by atoms with Crippen LogP contribution < -0.4 is 4.74 Å². The summed E-state index contributed by atoms with van der Waals surface area (Å²) in [5.41, 5.74) is 9.87. The van der Waals surface area contributed by atoms with Crippen molar-refractivity contribution in [2.75, 3.05) is 0 Å². The molecular weight excluding hydrogens is 567 g/mol. The van der Waals surface area contributed by atoms with Crippen molar-refractivity contribution < 1.29 is 4.74 Å². The van der Waals surface area contributed by atoms with Gasteiger partial charge in [-0.15, -0.1) is 11.3 Å². The minimum absolute atomic E-state index is 0.00640. The van der Waals surface area contributed by atoms with Crippen molar-refractivity contribution in [1.82, 2.24) is 4.57 Å². The lowest BCUT2D eigenvalue weighted by atomic mass is 9.88. The summed E-state index contributed by atoms with van der Waals surface area (Å²) in [4.78, 5) is 0. The van der Waals surface area contributed by atoms with Gasteiger partial charge in [0.15, 0.2) is 0 Å². The Hall–Kier alpha value is -5.38. The standard InChI is InChI=1S/C42H27NOS/c1-4-14-35-30(11-1)33-24-28(19-21-36(33)43(35)37-15-8-17-39-42(37)32-13-2-5-16-38(32)44-39)26-9-7-10-27(23-26)29-20-22-41-34(25-29)31-12-3-6-18-40(31)45-41/h1-25,39,42H. The van der Waals surface area contributed by atoms with Crippen LogP contribution in [-0.4, -0.2) is 10.7 Å². The summed E-state index contributed by atoms with van der Waals surface area (Å²) in [6.07, 6.45) is 6.61. The molecule has 1 aliphatic carbocycles. The number of hydrogen-bond donors (Lipinski definition) is 0. The zero-order valence-electron chi connectivity index (χ0n) is 24.4. The number of thiophene rings is 1. The van der Waals surface area contributed by atoms with Crippen molar-refractivity contribution >= 4 is 59.0 Å². The quantitative estimate of drug-likeness (QED) is 0.199. The normalized spacial score (nSPS) is 17.1. The Morgan fingerprint density at radius 2 is 1.22 bits per heavy atom. The SMILES string of the molecule is C1=CC2Oc3ccccc3C2C(n2c3ccccc3c3cc(-c4cccc(-c5ccc6sc7ccccc7c6c5)c4)ccc32)=C1. The molecule has 45 heavy (non-hydrogen) atoms. The molecule has 8 aromatic rings. The molecule has 2 nitrogen and oxygen atoms in total. The van der Waals surface area contributed by atoms with E-state index in [0.29, 0.717) is 0 Å². The van der Waals surface area contributed by atoms with Gasteiger partial charge >= 0.3 is 0 Å². The Bertz CT molecular complexity index is 2540.